The number of nitrogens with one attached hydrogen (secondary N) is 3. The highest BCUT2D eigenvalue weighted by atomic mass is 127. The molecule has 0 radical (unpaired) electrons. The minimum absolute atomic E-state index is 0. The van der Waals surface area contributed by atoms with Crippen molar-refractivity contribution in [2.45, 2.75) is 66.5 Å². The summed E-state index contributed by atoms with van der Waals surface area (Å²) < 4.78 is 5.27. The highest BCUT2D eigenvalue weighted by Gasteiger charge is 2.26. The predicted octanol–water partition coefficient (Wildman–Crippen LogP) is 1.97. The molecule has 0 saturated heterocycles. The molecule has 0 aliphatic carbocycles. The van der Waals surface area contributed by atoms with Gasteiger partial charge in [-0.3, -0.25) is 9.79 Å². The first-order valence-corrected chi connectivity index (χ1v) is 8.52. The van der Waals surface area contributed by atoms with Crippen molar-refractivity contribution in [2.75, 3.05) is 19.6 Å². The lowest BCUT2D eigenvalue weighted by molar-refractivity contribution is -0.125. The van der Waals surface area contributed by atoms with E-state index in [1.54, 1.807) is 13.8 Å². The van der Waals surface area contributed by atoms with E-state index >= 15 is 0 Å². The smallest absolute Gasteiger partial charge is 0.408 e. The second-order valence-electron chi connectivity index (χ2n) is 8.31. The van der Waals surface area contributed by atoms with Crippen molar-refractivity contribution < 1.29 is 14.3 Å². The van der Waals surface area contributed by atoms with E-state index in [9.17, 15) is 9.59 Å². The summed E-state index contributed by atoms with van der Waals surface area (Å²) in [4.78, 5) is 27.7. The van der Waals surface area contributed by atoms with Crippen molar-refractivity contribution in [3.05, 3.63) is 0 Å². The van der Waals surface area contributed by atoms with E-state index in [4.69, 9.17) is 10.5 Å². The minimum Gasteiger partial charge on any atom is -0.444 e. The first kappa shape index (κ1) is 27.0. The largest absolute Gasteiger partial charge is 0.444 e. The van der Waals surface area contributed by atoms with E-state index in [0.717, 1.165) is 0 Å². The normalized spacial score (nSPS) is 12.7. The lowest BCUT2D eigenvalue weighted by atomic mass is 9.93. The first-order chi connectivity index (χ1) is 11.2. The highest BCUT2D eigenvalue weighted by molar-refractivity contribution is 14.0. The van der Waals surface area contributed by atoms with Crippen LogP contribution in [0.5, 0.6) is 0 Å². The number of hydrogen-bond donors (Lipinski definition) is 4. The van der Waals surface area contributed by atoms with Gasteiger partial charge in [0.15, 0.2) is 5.96 Å². The van der Waals surface area contributed by atoms with E-state index in [0.29, 0.717) is 19.0 Å². The van der Waals surface area contributed by atoms with Gasteiger partial charge in [0.05, 0.1) is 17.5 Å². The van der Waals surface area contributed by atoms with Crippen LogP contribution in [0.1, 0.15) is 55.4 Å². The lowest BCUT2D eigenvalue weighted by Gasteiger charge is -2.29. The van der Waals surface area contributed by atoms with Crippen LogP contribution >= 0.6 is 24.0 Å². The zero-order valence-electron chi connectivity index (χ0n) is 17.3. The van der Waals surface area contributed by atoms with Crippen LogP contribution < -0.4 is 21.7 Å². The molecule has 9 heteroatoms. The monoisotopic (exact) mass is 485 g/mol. The number of nitrogens with two attached hydrogens (primary N) is 1. The molecular weight excluding hydrogens is 449 g/mol. The third-order valence-corrected chi connectivity index (χ3v) is 3.18. The molecule has 0 aromatic heterocycles. The van der Waals surface area contributed by atoms with E-state index < -0.39 is 28.6 Å². The molecule has 0 aliphatic heterocycles. The molecule has 0 heterocycles. The molecule has 0 bridgehead atoms. The quantitative estimate of drug-likeness (QED) is 0.250. The van der Waals surface area contributed by atoms with Crippen LogP contribution in [0.15, 0.2) is 4.99 Å². The Morgan fingerprint density at radius 2 is 1.58 bits per heavy atom. The number of amides is 2. The maximum atomic E-state index is 11.9. The van der Waals surface area contributed by atoms with Crippen molar-refractivity contribution in [3.8, 4) is 0 Å². The molecule has 0 rings (SSSR count). The van der Waals surface area contributed by atoms with Gasteiger partial charge in [0, 0.05) is 13.1 Å². The molecule has 8 nitrogen and oxygen atoms in total. The van der Waals surface area contributed by atoms with Gasteiger partial charge in [-0.2, -0.15) is 0 Å². The maximum Gasteiger partial charge on any atom is 0.408 e. The number of ether oxygens (including phenoxy) is 1. The maximum absolute atomic E-state index is 11.9. The molecule has 0 spiro atoms. The van der Waals surface area contributed by atoms with Gasteiger partial charge in [-0.15, -0.1) is 24.0 Å². The van der Waals surface area contributed by atoms with E-state index in [-0.39, 0.29) is 30.5 Å². The highest BCUT2D eigenvalue weighted by Crippen LogP contribution is 2.14. The molecule has 0 unspecified atom stereocenters. The summed E-state index contributed by atoms with van der Waals surface area (Å²) in [6.07, 6.45) is -0.476. The Hall–Kier alpha value is -1.26. The van der Waals surface area contributed by atoms with Gasteiger partial charge in [0.25, 0.3) is 0 Å². The van der Waals surface area contributed by atoms with Crippen molar-refractivity contribution in [1.82, 2.24) is 16.0 Å². The summed E-state index contributed by atoms with van der Waals surface area (Å²) >= 11 is 0. The van der Waals surface area contributed by atoms with E-state index in [2.05, 4.69) is 20.9 Å². The lowest BCUT2D eigenvalue weighted by Crippen LogP contribution is -2.54. The zero-order valence-corrected chi connectivity index (χ0v) is 19.6. The van der Waals surface area contributed by atoms with Crippen LogP contribution in [0.2, 0.25) is 0 Å². The average Bonchev–Trinajstić information content (AvgIpc) is 2.38. The minimum atomic E-state index is -0.730. The van der Waals surface area contributed by atoms with Crippen molar-refractivity contribution >= 4 is 41.9 Å². The molecule has 0 atom stereocenters. The van der Waals surface area contributed by atoms with E-state index in [1.165, 1.54) is 0 Å². The number of carbonyl (C=O) groups is 2. The van der Waals surface area contributed by atoms with Crippen LogP contribution in [0.3, 0.4) is 0 Å². The molecular formula is C17H36IN5O3. The standard InChI is InChI=1S/C17H35N5O3.HI/c1-9-19-13(20-10-16(5,6)12(18)23)21-11-17(7,8)22-14(24)25-15(2,3)4;/h9-11H2,1-8H3,(H2,18,23)(H,22,24)(H2,19,20,21);1H. The molecule has 0 aliphatic rings. The number of primary amides is 1. The molecule has 0 aromatic carbocycles. The molecule has 0 saturated carbocycles. The summed E-state index contributed by atoms with van der Waals surface area (Å²) in [5.41, 5.74) is 3.53. The number of rotatable bonds is 7. The van der Waals surface area contributed by atoms with Gasteiger partial charge >= 0.3 is 6.09 Å². The van der Waals surface area contributed by atoms with Crippen LogP contribution in [0.25, 0.3) is 0 Å². The topological polar surface area (TPSA) is 118 Å². The number of guanidine groups is 1. The Kier molecular flexibility index (Phi) is 11.2. The van der Waals surface area contributed by atoms with Gasteiger partial charge in [-0.1, -0.05) is 0 Å². The Morgan fingerprint density at radius 3 is 2.00 bits per heavy atom. The molecule has 0 aromatic rings. The summed E-state index contributed by atoms with van der Waals surface area (Å²) in [7, 11) is 0. The van der Waals surface area contributed by atoms with Gasteiger partial charge in [0.2, 0.25) is 5.91 Å². The SMILES string of the molecule is CCNC(=NCC(C)(C)C(N)=O)NCC(C)(C)NC(=O)OC(C)(C)C.I. The number of carbonyl (C=O) groups excluding carboxylic acids is 2. The Balaban J connectivity index is 0. The molecule has 154 valence electrons. The Labute approximate surface area is 174 Å². The van der Waals surface area contributed by atoms with Crippen LogP contribution in [-0.2, 0) is 9.53 Å². The van der Waals surface area contributed by atoms with Crippen molar-refractivity contribution in [2.24, 2.45) is 16.1 Å². The number of hydrogen-bond acceptors (Lipinski definition) is 4. The Morgan fingerprint density at radius 1 is 1.04 bits per heavy atom. The predicted molar refractivity (Wildman–Crippen MR) is 116 cm³/mol. The van der Waals surface area contributed by atoms with Crippen LogP contribution in [0, 0.1) is 5.41 Å². The van der Waals surface area contributed by atoms with E-state index in [1.807, 2.05) is 41.5 Å². The zero-order chi connectivity index (χ0) is 19.9. The Bertz CT molecular complexity index is 499. The van der Waals surface area contributed by atoms with Gasteiger partial charge in [-0.25, -0.2) is 4.79 Å². The summed E-state index contributed by atoms with van der Waals surface area (Å²) in [5.74, 6) is 0.148. The molecule has 5 N–H and O–H groups in total. The summed E-state index contributed by atoms with van der Waals surface area (Å²) in [5, 5.41) is 9.08. The van der Waals surface area contributed by atoms with Gasteiger partial charge in [-0.05, 0) is 55.4 Å². The van der Waals surface area contributed by atoms with Gasteiger partial charge in [0.1, 0.15) is 5.60 Å². The summed E-state index contributed by atoms with van der Waals surface area (Å²) in [6, 6.07) is 0. The second kappa shape index (κ2) is 10.8. The number of alkyl carbamates (subject to hydrolysis) is 1. The van der Waals surface area contributed by atoms with Crippen molar-refractivity contribution in [1.29, 1.82) is 0 Å². The molecule has 0 fully saturated rings. The third-order valence-electron chi connectivity index (χ3n) is 3.18. The fraction of sp³-hybridized carbons (Fsp3) is 0.824. The van der Waals surface area contributed by atoms with Gasteiger partial charge < -0.3 is 26.4 Å². The number of aliphatic imine (C=N–C) groups is 1. The summed E-state index contributed by atoms with van der Waals surface area (Å²) in [6.45, 7) is 16.0. The van der Waals surface area contributed by atoms with Crippen LogP contribution in [0.4, 0.5) is 4.79 Å². The molecule has 26 heavy (non-hydrogen) atoms. The van der Waals surface area contributed by atoms with Crippen LogP contribution in [-0.4, -0.2) is 48.7 Å². The number of halogens is 1. The number of nitrogens with zero attached hydrogens (tertiary/aromatic N) is 1. The average molecular weight is 485 g/mol. The second-order valence-corrected chi connectivity index (χ2v) is 8.31. The van der Waals surface area contributed by atoms with Crippen molar-refractivity contribution in [3.63, 3.8) is 0 Å². The third kappa shape index (κ3) is 12.2. The first-order valence-electron chi connectivity index (χ1n) is 8.52. The fourth-order valence-electron chi connectivity index (χ4n) is 1.63. The fourth-order valence-corrected chi connectivity index (χ4v) is 1.63. The molecule has 2 amide bonds.